The lowest BCUT2D eigenvalue weighted by atomic mass is 10.3. The summed E-state index contributed by atoms with van der Waals surface area (Å²) in [7, 11) is 0. The maximum Gasteiger partial charge on any atom is 0.269 e. The number of nitro groups is 1. The van der Waals surface area contributed by atoms with Crippen LogP contribution in [0.15, 0.2) is 66.1 Å². The first-order chi connectivity index (χ1) is 12.1. The van der Waals surface area contributed by atoms with Crippen LogP contribution in [-0.2, 0) is 4.79 Å². The van der Waals surface area contributed by atoms with Crippen molar-refractivity contribution in [1.29, 1.82) is 0 Å². The maximum atomic E-state index is 12.0. The molecule has 0 unspecified atom stereocenters. The summed E-state index contributed by atoms with van der Waals surface area (Å²) in [6.07, 6.45) is 1.59. The van der Waals surface area contributed by atoms with Crippen LogP contribution in [0.3, 0.4) is 0 Å². The number of amides is 1. The van der Waals surface area contributed by atoms with Crippen LogP contribution in [0.4, 0.5) is 11.4 Å². The summed E-state index contributed by atoms with van der Waals surface area (Å²) < 4.78 is 1.64. The number of hydrogen-bond acceptors (Lipinski definition) is 6. The molecule has 1 heterocycles. The van der Waals surface area contributed by atoms with E-state index >= 15 is 0 Å². The van der Waals surface area contributed by atoms with Gasteiger partial charge in [-0.25, -0.2) is 9.67 Å². The van der Waals surface area contributed by atoms with Crippen molar-refractivity contribution < 1.29 is 9.72 Å². The van der Waals surface area contributed by atoms with Gasteiger partial charge in [0.1, 0.15) is 6.33 Å². The largest absolute Gasteiger partial charge is 0.325 e. The Hall–Kier alpha value is -3.20. The first-order valence-corrected chi connectivity index (χ1v) is 8.24. The monoisotopic (exact) mass is 355 g/mol. The predicted molar refractivity (Wildman–Crippen MR) is 93.8 cm³/mol. The summed E-state index contributed by atoms with van der Waals surface area (Å²) in [5.74, 6) is -0.106. The van der Waals surface area contributed by atoms with Gasteiger partial charge in [-0.1, -0.05) is 30.0 Å². The molecule has 8 nitrogen and oxygen atoms in total. The minimum absolute atomic E-state index is 0.0250. The van der Waals surface area contributed by atoms with E-state index in [-0.39, 0.29) is 17.3 Å². The smallest absolute Gasteiger partial charge is 0.269 e. The van der Waals surface area contributed by atoms with E-state index in [1.807, 2.05) is 30.3 Å². The molecule has 9 heteroatoms. The Balaban J connectivity index is 1.54. The number of nitrogens with zero attached hydrogens (tertiary/aromatic N) is 4. The van der Waals surface area contributed by atoms with E-state index in [0.717, 1.165) is 5.69 Å². The highest BCUT2D eigenvalue weighted by Gasteiger charge is 2.09. The lowest BCUT2D eigenvalue weighted by Gasteiger charge is -2.03. The highest BCUT2D eigenvalue weighted by molar-refractivity contribution is 7.99. The predicted octanol–water partition coefficient (Wildman–Crippen LogP) is 2.91. The molecule has 0 aliphatic rings. The van der Waals surface area contributed by atoms with Gasteiger partial charge in [0.25, 0.3) is 5.69 Å². The molecule has 1 amide bonds. The minimum atomic E-state index is -0.490. The summed E-state index contributed by atoms with van der Waals surface area (Å²) in [4.78, 5) is 26.2. The van der Waals surface area contributed by atoms with Crippen LogP contribution < -0.4 is 5.32 Å². The molecule has 0 bridgehead atoms. The molecule has 25 heavy (non-hydrogen) atoms. The van der Waals surface area contributed by atoms with Gasteiger partial charge in [-0.05, 0) is 24.3 Å². The topological polar surface area (TPSA) is 103 Å². The number of carbonyl (C=O) groups excluding carboxylic acids is 1. The van der Waals surface area contributed by atoms with Crippen LogP contribution in [0.2, 0.25) is 0 Å². The van der Waals surface area contributed by atoms with Gasteiger partial charge in [-0.2, -0.15) is 0 Å². The molecule has 0 saturated carbocycles. The Labute approximate surface area is 147 Å². The van der Waals surface area contributed by atoms with Crippen LogP contribution in [0, 0.1) is 10.1 Å². The number of para-hydroxylation sites is 1. The Kier molecular flexibility index (Phi) is 5.05. The molecule has 0 aliphatic heterocycles. The summed E-state index contributed by atoms with van der Waals surface area (Å²) >= 11 is 1.21. The van der Waals surface area contributed by atoms with Crippen molar-refractivity contribution in [3.8, 4) is 5.69 Å². The van der Waals surface area contributed by atoms with E-state index in [4.69, 9.17) is 0 Å². The number of rotatable bonds is 6. The van der Waals surface area contributed by atoms with Crippen molar-refractivity contribution in [2.24, 2.45) is 0 Å². The molecule has 0 saturated heterocycles. The van der Waals surface area contributed by atoms with Crippen LogP contribution in [-0.4, -0.2) is 31.3 Å². The number of carbonyl (C=O) groups is 1. The third-order valence-corrected chi connectivity index (χ3v) is 4.04. The lowest BCUT2D eigenvalue weighted by Crippen LogP contribution is -2.14. The van der Waals surface area contributed by atoms with E-state index in [9.17, 15) is 14.9 Å². The maximum absolute atomic E-state index is 12.0. The van der Waals surface area contributed by atoms with Gasteiger partial charge in [0, 0.05) is 17.8 Å². The fourth-order valence-corrected chi connectivity index (χ4v) is 2.61. The number of hydrogen-bond donors (Lipinski definition) is 1. The Morgan fingerprint density at radius 1 is 1.16 bits per heavy atom. The molecule has 3 aromatic rings. The van der Waals surface area contributed by atoms with Crippen LogP contribution >= 0.6 is 11.8 Å². The van der Waals surface area contributed by atoms with Gasteiger partial charge in [-0.3, -0.25) is 14.9 Å². The molecule has 2 aromatic carbocycles. The number of benzene rings is 2. The second kappa shape index (κ2) is 7.58. The number of aromatic nitrogens is 3. The quantitative estimate of drug-likeness (QED) is 0.414. The van der Waals surface area contributed by atoms with Gasteiger partial charge < -0.3 is 5.32 Å². The minimum Gasteiger partial charge on any atom is -0.325 e. The van der Waals surface area contributed by atoms with E-state index in [0.29, 0.717) is 10.8 Å². The molecule has 126 valence electrons. The van der Waals surface area contributed by atoms with Crippen molar-refractivity contribution in [3.05, 3.63) is 71.0 Å². The van der Waals surface area contributed by atoms with Gasteiger partial charge in [0.2, 0.25) is 11.1 Å². The van der Waals surface area contributed by atoms with E-state index in [1.54, 1.807) is 11.0 Å². The molecule has 0 spiro atoms. The Morgan fingerprint density at radius 2 is 1.88 bits per heavy atom. The lowest BCUT2D eigenvalue weighted by molar-refractivity contribution is -0.384. The molecule has 0 atom stereocenters. The van der Waals surface area contributed by atoms with Crippen molar-refractivity contribution in [1.82, 2.24) is 14.8 Å². The molecule has 1 aromatic heterocycles. The molecule has 1 N–H and O–H groups in total. The van der Waals surface area contributed by atoms with Crippen molar-refractivity contribution in [2.45, 2.75) is 5.16 Å². The average molecular weight is 355 g/mol. The van der Waals surface area contributed by atoms with Gasteiger partial charge in [0.15, 0.2) is 0 Å². The Morgan fingerprint density at radius 3 is 2.56 bits per heavy atom. The zero-order valence-corrected chi connectivity index (χ0v) is 13.7. The van der Waals surface area contributed by atoms with E-state index in [2.05, 4.69) is 15.4 Å². The normalized spacial score (nSPS) is 10.4. The van der Waals surface area contributed by atoms with Crippen molar-refractivity contribution >= 4 is 29.0 Å². The Bertz CT molecular complexity index is 880. The molecular formula is C16H13N5O3S. The average Bonchev–Trinajstić information content (AvgIpc) is 3.10. The van der Waals surface area contributed by atoms with E-state index < -0.39 is 4.92 Å². The summed E-state index contributed by atoms with van der Waals surface area (Å²) in [6.45, 7) is 0. The van der Waals surface area contributed by atoms with Crippen molar-refractivity contribution in [2.75, 3.05) is 11.1 Å². The second-order valence-corrected chi connectivity index (χ2v) is 5.89. The highest BCUT2D eigenvalue weighted by Crippen LogP contribution is 2.17. The van der Waals surface area contributed by atoms with Gasteiger partial charge >= 0.3 is 0 Å². The number of nitrogens with one attached hydrogen (secondary N) is 1. The van der Waals surface area contributed by atoms with Crippen LogP contribution in [0.5, 0.6) is 0 Å². The van der Waals surface area contributed by atoms with Crippen LogP contribution in [0.25, 0.3) is 5.69 Å². The second-order valence-electron chi connectivity index (χ2n) is 4.95. The van der Waals surface area contributed by atoms with E-state index in [1.165, 1.54) is 36.0 Å². The molecule has 0 radical (unpaired) electrons. The standard InChI is InChI=1S/C16H13N5O3S/c22-15(18-12-6-8-14(9-7-12)21(23)24)10-25-16-17-11-20(19-16)13-4-2-1-3-5-13/h1-9,11H,10H2,(H,18,22). The van der Waals surface area contributed by atoms with Gasteiger partial charge in [-0.15, -0.1) is 5.10 Å². The van der Waals surface area contributed by atoms with Crippen LogP contribution in [0.1, 0.15) is 0 Å². The number of thioether (sulfide) groups is 1. The highest BCUT2D eigenvalue weighted by atomic mass is 32.2. The number of anilines is 1. The summed E-state index contributed by atoms with van der Waals surface area (Å²) in [5.41, 5.74) is 1.36. The first kappa shape index (κ1) is 16.7. The summed E-state index contributed by atoms with van der Waals surface area (Å²) in [6, 6.07) is 15.2. The zero-order valence-electron chi connectivity index (χ0n) is 12.9. The summed E-state index contributed by atoms with van der Waals surface area (Å²) in [5, 5.41) is 18.1. The fourth-order valence-electron chi connectivity index (χ4n) is 2.01. The molecular weight excluding hydrogens is 342 g/mol. The molecule has 0 aliphatic carbocycles. The zero-order chi connectivity index (χ0) is 17.6. The third kappa shape index (κ3) is 4.42. The van der Waals surface area contributed by atoms with Crippen molar-refractivity contribution in [3.63, 3.8) is 0 Å². The number of non-ortho nitro benzene ring substituents is 1. The number of nitro benzene ring substituents is 1. The first-order valence-electron chi connectivity index (χ1n) is 7.26. The van der Waals surface area contributed by atoms with Gasteiger partial charge in [0.05, 0.1) is 16.4 Å². The molecule has 0 fully saturated rings. The SMILES string of the molecule is O=C(CSc1ncn(-c2ccccc2)n1)Nc1ccc([N+](=O)[O-])cc1. The third-order valence-electron chi connectivity index (χ3n) is 3.19. The fraction of sp³-hybridized carbons (Fsp3) is 0.0625. The molecule has 3 rings (SSSR count).